The van der Waals surface area contributed by atoms with Crippen molar-refractivity contribution in [3.05, 3.63) is 35.3 Å². The van der Waals surface area contributed by atoms with Crippen molar-refractivity contribution in [2.75, 3.05) is 7.11 Å². The van der Waals surface area contributed by atoms with Crippen LogP contribution in [0.15, 0.2) is 28.8 Å². The van der Waals surface area contributed by atoms with E-state index in [9.17, 15) is 0 Å². The standard InChI is InChI=1S/C11H11ClN2O2/c1-15-9-3-2-7(4-8(9)12)10-6-14-11(5-13)16-10/h2-4,6H,5,13H2,1H3. The first kappa shape index (κ1) is 11.0. The number of aromatic nitrogens is 1. The molecular formula is C11H11ClN2O2. The molecule has 2 aromatic rings. The highest BCUT2D eigenvalue weighted by atomic mass is 35.5. The third-order valence-electron chi connectivity index (χ3n) is 2.16. The number of hydrogen-bond donors (Lipinski definition) is 1. The lowest BCUT2D eigenvalue weighted by Crippen LogP contribution is -1.94. The number of nitrogens with two attached hydrogens (primary N) is 1. The van der Waals surface area contributed by atoms with E-state index in [0.717, 1.165) is 5.56 Å². The summed E-state index contributed by atoms with van der Waals surface area (Å²) in [6.45, 7) is 0.282. The van der Waals surface area contributed by atoms with Crippen LogP contribution in [0.25, 0.3) is 11.3 Å². The van der Waals surface area contributed by atoms with Crippen LogP contribution in [0.5, 0.6) is 5.75 Å². The van der Waals surface area contributed by atoms with Crippen molar-refractivity contribution >= 4 is 11.6 Å². The monoisotopic (exact) mass is 238 g/mol. The summed E-state index contributed by atoms with van der Waals surface area (Å²) in [5.41, 5.74) is 6.26. The van der Waals surface area contributed by atoms with E-state index in [2.05, 4.69) is 4.98 Å². The van der Waals surface area contributed by atoms with Crippen LogP contribution in [-0.4, -0.2) is 12.1 Å². The van der Waals surface area contributed by atoms with Gasteiger partial charge in [-0.2, -0.15) is 0 Å². The molecule has 0 amide bonds. The van der Waals surface area contributed by atoms with Gasteiger partial charge in [-0.25, -0.2) is 4.98 Å². The van der Waals surface area contributed by atoms with Crippen LogP contribution in [-0.2, 0) is 6.54 Å². The van der Waals surface area contributed by atoms with E-state index in [1.165, 1.54) is 0 Å². The summed E-state index contributed by atoms with van der Waals surface area (Å²) in [6.07, 6.45) is 1.63. The quantitative estimate of drug-likeness (QED) is 0.892. The van der Waals surface area contributed by atoms with Crippen LogP contribution in [0, 0.1) is 0 Å². The minimum absolute atomic E-state index is 0.282. The summed E-state index contributed by atoms with van der Waals surface area (Å²) in [5, 5.41) is 0.533. The predicted octanol–water partition coefficient (Wildman–Crippen LogP) is 2.46. The molecule has 0 aliphatic heterocycles. The lowest BCUT2D eigenvalue weighted by Gasteiger charge is -2.03. The van der Waals surface area contributed by atoms with Crippen molar-refractivity contribution in [2.45, 2.75) is 6.54 Å². The Kier molecular flexibility index (Phi) is 3.12. The molecule has 2 N–H and O–H groups in total. The fraction of sp³-hybridized carbons (Fsp3) is 0.182. The number of hydrogen-bond acceptors (Lipinski definition) is 4. The van der Waals surface area contributed by atoms with Gasteiger partial charge in [-0.15, -0.1) is 0 Å². The van der Waals surface area contributed by atoms with Crippen molar-refractivity contribution in [3.8, 4) is 17.1 Å². The molecule has 0 aliphatic carbocycles. The average Bonchev–Trinajstić information content (AvgIpc) is 2.77. The zero-order valence-corrected chi connectivity index (χ0v) is 9.49. The van der Waals surface area contributed by atoms with Gasteiger partial charge in [0.05, 0.1) is 24.9 Å². The second-order valence-electron chi connectivity index (χ2n) is 3.17. The number of methoxy groups -OCH3 is 1. The second kappa shape index (κ2) is 4.55. The Balaban J connectivity index is 2.37. The maximum absolute atomic E-state index is 6.01. The van der Waals surface area contributed by atoms with Gasteiger partial charge in [0.2, 0.25) is 5.89 Å². The van der Waals surface area contributed by atoms with E-state index < -0.39 is 0 Å². The Bertz CT molecular complexity index is 496. The first-order valence-electron chi connectivity index (χ1n) is 4.73. The molecule has 16 heavy (non-hydrogen) atoms. The number of nitrogens with zero attached hydrogens (tertiary/aromatic N) is 1. The molecule has 0 radical (unpaired) electrons. The number of oxazole rings is 1. The molecular weight excluding hydrogens is 228 g/mol. The fourth-order valence-electron chi connectivity index (χ4n) is 1.36. The molecule has 5 heteroatoms. The van der Waals surface area contributed by atoms with E-state index >= 15 is 0 Å². The molecule has 0 bridgehead atoms. The predicted molar refractivity (Wildman–Crippen MR) is 61.4 cm³/mol. The molecule has 0 spiro atoms. The Hall–Kier alpha value is -1.52. The molecule has 4 nitrogen and oxygen atoms in total. The van der Waals surface area contributed by atoms with Crippen LogP contribution in [0.2, 0.25) is 5.02 Å². The third kappa shape index (κ3) is 2.03. The third-order valence-corrected chi connectivity index (χ3v) is 2.46. The molecule has 1 heterocycles. The Morgan fingerprint density at radius 2 is 2.31 bits per heavy atom. The highest BCUT2D eigenvalue weighted by molar-refractivity contribution is 6.32. The normalized spacial score (nSPS) is 10.4. The van der Waals surface area contributed by atoms with Gasteiger partial charge in [-0.1, -0.05) is 11.6 Å². The van der Waals surface area contributed by atoms with Gasteiger partial charge in [-0.05, 0) is 18.2 Å². The fourth-order valence-corrected chi connectivity index (χ4v) is 1.62. The van der Waals surface area contributed by atoms with E-state index in [4.69, 9.17) is 26.5 Å². The van der Waals surface area contributed by atoms with Gasteiger partial charge in [-0.3, -0.25) is 0 Å². The molecule has 0 saturated heterocycles. The van der Waals surface area contributed by atoms with E-state index in [-0.39, 0.29) is 6.54 Å². The van der Waals surface area contributed by atoms with Gasteiger partial charge in [0.15, 0.2) is 5.76 Å². The molecule has 0 fully saturated rings. The lowest BCUT2D eigenvalue weighted by molar-refractivity contribution is 0.415. The molecule has 0 saturated carbocycles. The topological polar surface area (TPSA) is 61.3 Å². The number of benzene rings is 1. The van der Waals surface area contributed by atoms with Crippen molar-refractivity contribution in [1.29, 1.82) is 0 Å². The van der Waals surface area contributed by atoms with E-state index in [1.54, 1.807) is 25.4 Å². The van der Waals surface area contributed by atoms with Crippen LogP contribution in [0.1, 0.15) is 5.89 Å². The number of rotatable bonds is 3. The summed E-state index contributed by atoms with van der Waals surface area (Å²) in [4.78, 5) is 4.02. The lowest BCUT2D eigenvalue weighted by atomic mass is 10.2. The maximum atomic E-state index is 6.01. The molecule has 1 aromatic heterocycles. The zero-order valence-electron chi connectivity index (χ0n) is 8.74. The smallest absolute Gasteiger partial charge is 0.208 e. The minimum Gasteiger partial charge on any atom is -0.495 e. The second-order valence-corrected chi connectivity index (χ2v) is 3.58. The van der Waals surface area contributed by atoms with Crippen LogP contribution in [0.3, 0.4) is 0 Å². The first-order valence-corrected chi connectivity index (χ1v) is 5.11. The van der Waals surface area contributed by atoms with Gasteiger partial charge in [0.1, 0.15) is 5.75 Å². The average molecular weight is 239 g/mol. The van der Waals surface area contributed by atoms with E-state index in [1.807, 2.05) is 6.07 Å². The minimum atomic E-state index is 0.282. The molecule has 0 unspecified atom stereocenters. The summed E-state index contributed by atoms with van der Waals surface area (Å²) < 4.78 is 10.5. The summed E-state index contributed by atoms with van der Waals surface area (Å²) in [7, 11) is 1.57. The summed E-state index contributed by atoms with van der Waals surface area (Å²) in [6, 6.07) is 5.40. The Labute approximate surface area is 98.0 Å². The Morgan fingerprint density at radius 1 is 1.50 bits per heavy atom. The molecule has 0 aliphatic rings. The SMILES string of the molecule is COc1ccc(-c2cnc(CN)o2)cc1Cl. The van der Waals surface area contributed by atoms with Crippen molar-refractivity contribution in [2.24, 2.45) is 5.73 Å². The highest BCUT2D eigenvalue weighted by Crippen LogP contribution is 2.30. The first-order chi connectivity index (χ1) is 7.74. The van der Waals surface area contributed by atoms with Crippen LogP contribution < -0.4 is 10.5 Å². The summed E-state index contributed by atoms with van der Waals surface area (Å²) >= 11 is 6.01. The Morgan fingerprint density at radius 3 is 2.88 bits per heavy atom. The van der Waals surface area contributed by atoms with Crippen LogP contribution in [0.4, 0.5) is 0 Å². The number of halogens is 1. The maximum Gasteiger partial charge on any atom is 0.208 e. The summed E-state index contributed by atoms with van der Waals surface area (Å²) in [5.74, 6) is 1.77. The molecule has 84 valence electrons. The number of ether oxygens (including phenoxy) is 1. The molecule has 0 atom stereocenters. The molecule has 2 rings (SSSR count). The van der Waals surface area contributed by atoms with Crippen molar-refractivity contribution < 1.29 is 9.15 Å². The van der Waals surface area contributed by atoms with Gasteiger partial charge >= 0.3 is 0 Å². The van der Waals surface area contributed by atoms with Gasteiger partial charge in [0, 0.05) is 5.56 Å². The van der Waals surface area contributed by atoms with Crippen molar-refractivity contribution in [3.63, 3.8) is 0 Å². The van der Waals surface area contributed by atoms with Crippen LogP contribution >= 0.6 is 11.6 Å². The van der Waals surface area contributed by atoms with Gasteiger partial charge < -0.3 is 14.9 Å². The van der Waals surface area contributed by atoms with Crippen molar-refractivity contribution in [1.82, 2.24) is 4.98 Å². The largest absolute Gasteiger partial charge is 0.495 e. The van der Waals surface area contributed by atoms with Gasteiger partial charge in [0.25, 0.3) is 0 Å². The zero-order chi connectivity index (χ0) is 11.5. The highest BCUT2D eigenvalue weighted by Gasteiger charge is 2.08. The molecule has 1 aromatic carbocycles. The van der Waals surface area contributed by atoms with E-state index in [0.29, 0.717) is 22.4 Å².